The summed E-state index contributed by atoms with van der Waals surface area (Å²) in [6, 6.07) is 25.8. The highest BCUT2D eigenvalue weighted by Gasteiger charge is 2.58. The summed E-state index contributed by atoms with van der Waals surface area (Å²) in [5.41, 5.74) is 8.93. The average Bonchev–Trinajstić information content (AvgIpc) is 3.57. The Morgan fingerprint density at radius 1 is 0.711 bits per heavy atom. The van der Waals surface area contributed by atoms with Crippen LogP contribution in [0.5, 0.6) is 0 Å². The second-order valence-electron chi connectivity index (χ2n) is 12.4. The quantitative estimate of drug-likeness (QED) is 0.263. The number of hydrogen-bond acceptors (Lipinski definition) is 3. The molecule has 0 saturated carbocycles. The van der Waals surface area contributed by atoms with Crippen LogP contribution in [0.3, 0.4) is 0 Å². The van der Waals surface area contributed by atoms with E-state index in [1.165, 1.54) is 27.6 Å². The molecule has 0 bridgehead atoms. The van der Waals surface area contributed by atoms with Crippen molar-refractivity contribution < 1.29 is 8.83 Å². The number of para-hydroxylation sites is 1. The maximum absolute atomic E-state index is 6.39. The van der Waals surface area contributed by atoms with Crippen molar-refractivity contribution in [3.05, 3.63) is 96.4 Å². The number of benzene rings is 4. The molecule has 2 heterocycles. The standard InChI is InChI=1S/C35H33NO2/c1-33(2)27-17-21-11-7-8-12-24(21)32(31(27)34(3,4)35(33,5)6)36-23-18-26(22-15-16-37-20-22)30-25-13-9-10-14-28(25)38-29(30)19-23/h7-20,36H,1-6H3. The fraction of sp³-hybridized carbons (Fsp3) is 0.257. The van der Waals surface area contributed by atoms with Crippen LogP contribution >= 0.6 is 0 Å². The molecule has 0 saturated heterocycles. The molecule has 1 aliphatic rings. The molecule has 1 aliphatic carbocycles. The van der Waals surface area contributed by atoms with E-state index in [0.29, 0.717) is 0 Å². The lowest BCUT2D eigenvalue weighted by molar-refractivity contribution is 0.125. The first kappa shape index (κ1) is 23.2. The molecule has 0 atom stereocenters. The van der Waals surface area contributed by atoms with Crippen LogP contribution in [-0.2, 0) is 10.8 Å². The number of anilines is 2. The maximum Gasteiger partial charge on any atom is 0.138 e. The molecule has 3 nitrogen and oxygen atoms in total. The first-order valence-corrected chi connectivity index (χ1v) is 13.4. The van der Waals surface area contributed by atoms with Gasteiger partial charge in [0, 0.05) is 33.5 Å². The predicted molar refractivity (Wildman–Crippen MR) is 158 cm³/mol. The van der Waals surface area contributed by atoms with Crippen molar-refractivity contribution in [1.29, 1.82) is 0 Å². The van der Waals surface area contributed by atoms with Gasteiger partial charge >= 0.3 is 0 Å². The van der Waals surface area contributed by atoms with Crippen molar-refractivity contribution in [2.45, 2.75) is 52.4 Å². The summed E-state index contributed by atoms with van der Waals surface area (Å²) >= 11 is 0. The third kappa shape index (κ3) is 2.90. The average molecular weight is 500 g/mol. The Morgan fingerprint density at radius 3 is 2.21 bits per heavy atom. The Kier molecular flexibility index (Phi) is 4.59. The highest BCUT2D eigenvalue weighted by Crippen LogP contribution is 2.64. The normalized spacial score (nSPS) is 17.3. The molecule has 2 aromatic heterocycles. The lowest BCUT2D eigenvalue weighted by Crippen LogP contribution is -2.42. The van der Waals surface area contributed by atoms with E-state index in [1.807, 2.05) is 24.5 Å². The molecule has 4 aromatic carbocycles. The molecule has 0 spiro atoms. The van der Waals surface area contributed by atoms with E-state index >= 15 is 0 Å². The van der Waals surface area contributed by atoms with Gasteiger partial charge in [-0.2, -0.15) is 0 Å². The Labute approximate surface area is 223 Å². The van der Waals surface area contributed by atoms with Gasteiger partial charge in [-0.3, -0.25) is 0 Å². The van der Waals surface area contributed by atoms with Crippen LogP contribution in [0.2, 0.25) is 0 Å². The molecule has 0 unspecified atom stereocenters. The number of hydrogen-bond donors (Lipinski definition) is 1. The maximum atomic E-state index is 6.39. The minimum Gasteiger partial charge on any atom is -0.472 e. The number of fused-ring (bicyclic) bond motifs is 5. The van der Waals surface area contributed by atoms with Gasteiger partial charge in [-0.1, -0.05) is 90.1 Å². The molecule has 7 rings (SSSR count). The van der Waals surface area contributed by atoms with Gasteiger partial charge in [-0.15, -0.1) is 0 Å². The summed E-state index contributed by atoms with van der Waals surface area (Å²) in [6.07, 6.45) is 3.54. The van der Waals surface area contributed by atoms with Crippen LogP contribution in [0.15, 0.2) is 94.2 Å². The number of rotatable bonds is 3. The van der Waals surface area contributed by atoms with Crippen molar-refractivity contribution in [2.24, 2.45) is 5.41 Å². The van der Waals surface area contributed by atoms with Gasteiger partial charge in [0.15, 0.2) is 0 Å². The van der Waals surface area contributed by atoms with Crippen LogP contribution in [0, 0.1) is 5.41 Å². The van der Waals surface area contributed by atoms with Gasteiger partial charge in [0.05, 0.1) is 18.2 Å². The highest BCUT2D eigenvalue weighted by molar-refractivity contribution is 6.13. The summed E-state index contributed by atoms with van der Waals surface area (Å²) in [7, 11) is 0. The second-order valence-corrected chi connectivity index (χ2v) is 12.4. The molecular formula is C35H33NO2. The molecule has 6 aromatic rings. The van der Waals surface area contributed by atoms with Crippen LogP contribution < -0.4 is 5.32 Å². The van der Waals surface area contributed by atoms with E-state index in [4.69, 9.17) is 8.83 Å². The van der Waals surface area contributed by atoms with Crippen LogP contribution in [-0.4, -0.2) is 0 Å². The van der Waals surface area contributed by atoms with E-state index in [9.17, 15) is 0 Å². The molecule has 0 radical (unpaired) electrons. The van der Waals surface area contributed by atoms with Gasteiger partial charge in [0.2, 0.25) is 0 Å². The van der Waals surface area contributed by atoms with E-state index < -0.39 is 0 Å². The molecule has 1 N–H and O–H groups in total. The minimum atomic E-state index is -0.0466. The predicted octanol–water partition coefficient (Wildman–Crippen LogP) is 10.3. The van der Waals surface area contributed by atoms with Crippen LogP contribution in [0.4, 0.5) is 11.4 Å². The fourth-order valence-corrected chi connectivity index (χ4v) is 6.77. The summed E-state index contributed by atoms with van der Waals surface area (Å²) in [4.78, 5) is 0. The van der Waals surface area contributed by atoms with Crippen molar-refractivity contribution in [3.8, 4) is 11.1 Å². The van der Waals surface area contributed by atoms with Crippen LogP contribution in [0.25, 0.3) is 43.8 Å². The minimum absolute atomic E-state index is 0.0109. The van der Waals surface area contributed by atoms with E-state index in [0.717, 1.165) is 38.8 Å². The third-order valence-electron chi connectivity index (χ3n) is 10.1. The Morgan fingerprint density at radius 2 is 1.45 bits per heavy atom. The van der Waals surface area contributed by atoms with Gasteiger partial charge in [0.25, 0.3) is 0 Å². The molecule has 0 amide bonds. The Bertz CT molecular complexity index is 1870. The first-order valence-electron chi connectivity index (χ1n) is 13.4. The zero-order valence-corrected chi connectivity index (χ0v) is 22.9. The van der Waals surface area contributed by atoms with Crippen LogP contribution in [0.1, 0.15) is 52.7 Å². The third-order valence-corrected chi connectivity index (χ3v) is 10.1. The Hall–Kier alpha value is -3.98. The zero-order chi connectivity index (χ0) is 26.4. The van der Waals surface area contributed by atoms with Gasteiger partial charge in [-0.05, 0) is 56.5 Å². The fourth-order valence-electron chi connectivity index (χ4n) is 6.77. The zero-order valence-electron chi connectivity index (χ0n) is 22.9. The molecule has 0 fully saturated rings. The topological polar surface area (TPSA) is 38.3 Å². The Balaban J connectivity index is 1.52. The first-order chi connectivity index (χ1) is 18.1. The SMILES string of the molecule is CC1(C)c2cc3ccccc3c(Nc3cc(-c4ccoc4)c4c(c3)oc3ccccc34)c2C(C)(C)C1(C)C. The lowest BCUT2D eigenvalue weighted by atomic mass is 9.59. The molecule has 190 valence electrons. The molecular weight excluding hydrogens is 466 g/mol. The van der Waals surface area contributed by atoms with E-state index in [-0.39, 0.29) is 16.2 Å². The summed E-state index contributed by atoms with van der Waals surface area (Å²) < 4.78 is 11.9. The van der Waals surface area contributed by atoms with Crippen molar-refractivity contribution in [3.63, 3.8) is 0 Å². The van der Waals surface area contributed by atoms with Crippen molar-refractivity contribution in [2.75, 3.05) is 5.32 Å². The monoisotopic (exact) mass is 499 g/mol. The van der Waals surface area contributed by atoms with Gasteiger partial charge < -0.3 is 14.2 Å². The molecule has 38 heavy (non-hydrogen) atoms. The second kappa shape index (κ2) is 7.54. The van der Waals surface area contributed by atoms with Crippen molar-refractivity contribution >= 4 is 44.1 Å². The largest absolute Gasteiger partial charge is 0.472 e. The number of furan rings is 2. The van der Waals surface area contributed by atoms with E-state index in [2.05, 4.69) is 101 Å². The lowest BCUT2D eigenvalue weighted by Gasteiger charge is -2.44. The van der Waals surface area contributed by atoms with Gasteiger partial charge in [-0.25, -0.2) is 0 Å². The van der Waals surface area contributed by atoms with Crippen molar-refractivity contribution in [1.82, 2.24) is 0 Å². The van der Waals surface area contributed by atoms with Gasteiger partial charge in [0.1, 0.15) is 11.2 Å². The molecule has 0 aliphatic heterocycles. The van der Waals surface area contributed by atoms with E-state index in [1.54, 1.807) is 6.26 Å². The summed E-state index contributed by atoms with van der Waals surface area (Å²) in [5.74, 6) is 0. The summed E-state index contributed by atoms with van der Waals surface area (Å²) in [5, 5.41) is 8.65. The molecule has 3 heteroatoms. The highest BCUT2D eigenvalue weighted by atomic mass is 16.3. The smallest absolute Gasteiger partial charge is 0.138 e. The summed E-state index contributed by atoms with van der Waals surface area (Å²) in [6.45, 7) is 14.4. The number of nitrogens with one attached hydrogen (secondary N) is 1.